The van der Waals surface area contributed by atoms with E-state index in [0.29, 0.717) is 13.1 Å². The van der Waals surface area contributed by atoms with Crippen LogP contribution in [0.1, 0.15) is 39.2 Å². The molecule has 0 saturated carbocycles. The Hall–Kier alpha value is -2.55. The monoisotopic (exact) mass is 360 g/mol. The number of likely N-dealkylation sites (tertiary alicyclic amines) is 1. The molecule has 0 aromatic heterocycles. The first-order valence-corrected chi connectivity index (χ1v) is 8.57. The molecule has 0 aliphatic carbocycles. The minimum Gasteiger partial charge on any atom is -0.444 e. The molecule has 1 heterocycles. The normalized spacial score (nSPS) is 20.4. The highest BCUT2D eigenvalue weighted by Gasteiger charge is 2.38. The summed E-state index contributed by atoms with van der Waals surface area (Å²) >= 11 is 0. The lowest BCUT2D eigenvalue weighted by Crippen LogP contribution is -2.49. The predicted octanol–water partition coefficient (Wildman–Crippen LogP) is 3.73. The zero-order valence-electron chi connectivity index (χ0n) is 15.7. The second-order valence-corrected chi connectivity index (χ2v) is 7.28. The largest absolute Gasteiger partial charge is 0.444 e. The number of carbonyl (C=O) groups excluding carboxylic acids is 1. The Balaban J connectivity index is 2.33. The van der Waals surface area contributed by atoms with E-state index in [0.717, 1.165) is 18.4 Å². The Morgan fingerprint density at radius 3 is 2.65 bits per heavy atom. The highest BCUT2D eigenvalue weighted by Crippen LogP contribution is 2.34. The van der Waals surface area contributed by atoms with E-state index in [1.165, 1.54) is 25.5 Å². The summed E-state index contributed by atoms with van der Waals surface area (Å²) < 4.78 is 18.9. The first-order chi connectivity index (χ1) is 12.3. The van der Waals surface area contributed by atoms with Gasteiger partial charge in [0.15, 0.2) is 0 Å². The second kappa shape index (κ2) is 8.22. The summed E-state index contributed by atoms with van der Waals surface area (Å²) in [5, 5.41) is 3.63. The SMILES string of the molecule is CON=CC#CC1(c2ccc(F)cc2)CCCN(C(=O)OC(C)(C)C)C1. The van der Waals surface area contributed by atoms with Gasteiger partial charge in [-0.2, -0.15) is 0 Å². The Morgan fingerprint density at radius 1 is 1.35 bits per heavy atom. The van der Waals surface area contributed by atoms with Gasteiger partial charge in [0.2, 0.25) is 0 Å². The zero-order valence-corrected chi connectivity index (χ0v) is 15.7. The van der Waals surface area contributed by atoms with Crippen LogP contribution in [0.5, 0.6) is 0 Å². The van der Waals surface area contributed by atoms with Crippen molar-refractivity contribution in [2.45, 2.75) is 44.6 Å². The standard InChI is InChI=1S/C20H25FN2O3/c1-19(2,3)26-18(24)23-14-6-12-20(15-23,11-5-13-22-25-4)16-7-9-17(21)10-8-16/h7-10,13H,6,12,14-15H2,1-4H3. The van der Waals surface area contributed by atoms with Gasteiger partial charge < -0.3 is 14.5 Å². The smallest absolute Gasteiger partial charge is 0.410 e. The van der Waals surface area contributed by atoms with Crippen molar-refractivity contribution >= 4 is 12.3 Å². The summed E-state index contributed by atoms with van der Waals surface area (Å²) in [6.45, 7) is 6.49. The minimum absolute atomic E-state index is 0.308. The molecule has 6 heteroatoms. The fraction of sp³-hybridized carbons (Fsp3) is 0.500. The first kappa shape index (κ1) is 19.8. The van der Waals surface area contributed by atoms with Crippen molar-refractivity contribution in [3.05, 3.63) is 35.6 Å². The third-order valence-electron chi connectivity index (χ3n) is 4.07. The number of oxime groups is 1. The molecule has 1 saturated heterocycles. The molecule has 1 aliphatic heterocycles. The molecule has 0 radical (unpaired) electrons. The van der Waals surface area contributed by atoms with Crippen LogP contribution < -0.4 is 0 Å². The predicted molar refractivity (Wildman–Crippen MR) is 98.4 cm³/mol. The number of hydrogen-bond acceptors (Lipinski definition) is 4. The van der Waals surface area contributed by atoms with Crippen molar-refractivity contribution < 1.29 is 18.8 Å². The van der Waals surface area contributed by atoms with Crippen molar-refractivity contribution in [2.24, 2.45) is 5.16 Å². The minimum atomic E-state index is -0.609. The molecule has 1 amide bonds. The fourth-order valence-electron chi connectivity index (χ4n) is 2.97. The van der Waals surface area contributed by atoms with Gasteiger partial charge >= 0.3 is 6.09 Å². The highest BCUT2D eigenvalue weighted by atomic mass is 19.1. The number of ether oxygens (including phenoxy) is 1. The number of rotatable bonds is 2. The lowest BCUT2D eigenvalue weighted by Gasteiger charge is -2.40. The van der Waals surface area contributed by atoms with Crippen LogP contribution in [0.3, 0.4) is 0 Å². The number of carbonyl (C=O) groups is 1. The molecule has 5 nitrogen and oxygen atoms in total. The molecule has 26 heavy (non-hydrogen) atoms. The Labute approximate surface area is 154 Å². The van der Waals surface area contributed by atoms with Gasteiger partial charge in [-0.1, -0.05) is 29.1 Å². The molecule has 0 bridgehead atoms. The van der Waals surface area contributed by atoms with Crippen LogP contribution in [0.2, 0.25) is 0 Å². The fourth-order valence-corrected chi connectivity index (χ4v) is 2.97. The van der Waals surface area contributed by atoms with Crippen molar-refractivity contribution in [2.75, 3.05) is 20.2 Å². The molecular formula is C20H25FN2O3. The van der Waals surface area contributed by atoms with E-state index in [2.05, 4.69) is 21.8 Å². The summed E-state index contributed by atoms with van der Waals surface area (Å²) in [6.07, 6.45) is 2.53. The van der Waals surface area contributed by atoms with Crippen molar-refractivity contribution in [1.29, 1.82) is 0 Å². The van der Waals surface area contributed by atoms with Crippen LogP contribution in [-0.4, -0.2) is 43.0 Å². The maximum absolute atomic E-state index is 13.4. The third-order valence-corrected chi connectivity index (χ3v) is 4.07. The van der Waals surface area contributed by atoms with Crippen LogP contribution in [0.15, 0.2) is 29.4 Å². The Kier molecular flexibility index (Phi) is 6.25. The topological polar surface area (TPSA) is 51.1 Å². The number of amides is 1. The van der Waals surface area contributed by atoms with Gasteiger partial charge in [-0.15, -0.1) is 0 Å². The van der Waals surface area contributed by atoms with Crippen LogP contribution in [0.25, 0.3) is 0 Å². The van der Waals surface area contributed by atoms with E-state index in [1.807, 2.05) is 20.8 Å². The summed E-state index contributed by atoms with van der Waals surface area (Å²) in [4.78, 5) is 18.8. The second-order valence-electron chi connectivity index (χ2n) is 7.28. The van der Waals surface area contributed by atoms with Crippen molar-refractivity contribution in [1.82, 2.24) is 4.90 Å². The molecule has 1 aliphatic rings. The molecule has 1 aromatic carbocycles. The van der Waals surface area contributed by atoms with Gasteiger partial charge in [0.25, 0.3) is 0 Å². The van der Waals surface area contributed by atoms with E-state index in [1.54, 1.807) is 17.0 Å². The molecule has 0 N–H and O–H groups in total. The molecule has 1 unspecified atom stereocenters. The van der Waals surface area contributed by atoms with E-state index >= 15 is 0 Å². The lowest BCUT2D eigenvalue weighted by atomic mass is 9.74. The van der Waals surface area contributed by atoms with Gasteiger partial charge in [0.1, 0.15) is 24.7 Å². The molecule has 1 atom stereocenters. The maximum Gasteiger partial charge on any atom is 0.410 e. The number of halogens is 1. The molecule has 140 valence electrons. The molecule has 2 rings (SSSR count). The molecular weight excluding hydrogens is 335 g/mol. The molecule has 1 aromatic rings. The summed E-state index contributed by atoms with van der Waals surface area (Å²) in [6, 6.07) is 6.26. The first-order valence-electron chi connectivity index (χ1n) is 8.57. The van der Waals surface area contributed by atoms with Gasteiger partial charge in [0, 0.05) is 13.1 Å². The van der Waals surface area contributed by atoms with Crippen LogP contribution in [0, 0.1) is 17.7 Å². The highest BCUT2D eigenvalue weighted by molar-refractivity contribution is 5.78. The Morgan fingerprint density at radius 2 is 2.04 bits per heavy atom. The number of nitrogens with zero attached hydrogens (tertiary/aromatic N) is 2. The average molecular weight is 360 g/mol. The molecule has 1 fully saturated rings. The third kappa shape index (κ3) is 5.22. The maximum atomic E-state index is 13.4. The zero-order chi connectivity index (χ0) is 19.2. The quantitative estimate of drug-likeness (QED) is 0.459. The van der Waals surface area contributed by atoms with E-state index in [9.17, 15) is 9.18 Å². The Bertz CT molecular complexity index is 713. The average Bonchev–Trinajstić information content (AvgIpc) is 2.58. The number of hydrogen-bond donors (Lipinski definition) is 0. The summed E-state index contributed by atoms with van der Waals surface area (Å²) in [5.74, 6) is 5.77. The van der Waals surface area contributed by atoms with Gasteiger partial charge in [-0.05, 0) is 51.3 Å². The summed E-state index contributed by atoms with van der Waals surface area (Å²) in [5.41, 5.74) is -0.308. The van der Waals surface area contributed by atoms with Crippen molar-refractivity contribution in [3.63, 3.8) is 0 Å². The molecule has 0 spiro atoms. The van der Waals surface area contributed by atoms with Crippen LogP contribution in [0.4, 0.5) is 9.18 Å². The van der Waals surface area contributed by atoms with Crippen molar-refractivity contribution in [3.8, 4) is 11.8 Å². The van der Waals surface area contributed by atoms with E-state index < -0.39 is 11.0 Å². The number of piperidine rings is 1. The van der Waals surface area contributed by atoms with E-state index in [4.69, 9.17) is 4.74 Å². The van der Waals surface area contributed by atoms with Gasteiger partial charge in [-0.3, -0.25) is 0 Å². The van der Waals surface area contributed by atoms with Gasteiger partial charge in [0.05, 0.1) is 5.41 Å². The van der Waals surface area contributed by atoms with Gasteiger partial charge in [-0.25, -0.2) is 9.18 Å². The lowest BCUT2D eigenvalue weighted by molar-refractivity contribution is 0.0168. The number of benzene rings is 1. The van der Waals surface area contributed by atoms with Crippen LogP contribution in [-0.2, 0) is 15.0 Å². The van der Waals surface area contributed by atoms with E-state index in [-0.39, 0.29) is 11.9 Å². The summed E-state index contributed by atoms with van der Waals surface area (Å²) in [7, 11) is 1.44. The van der Waals surface area contributed by atoms with Crippen LogP contribution >= 0.6 is 0 Å².